The van der Waals surface area contributed by atoms with E-state index in [1.807, 2.05) is 0 Å². The minimum absolute atomic E-state index is 0.352. The maximum absolute atomic E-state index is 12.3. The Labute approximate surface area is 106 Å². The van der Waals surface area contributed by atoms with E-state index in [1.54, 1.807) is 4.72 Å². The van der Waals surface area contributed by atoms with Gasteiger partial charge in [-0.3, -0.25) is 4.79 Å². The van der Waals surface area contributed by atoms with Crippen LogP contribution >= 0.6 is 11.6 Å². The van der Waals surface area contributed by atoms with Gasteiger partial charge in [0.05, 0.1) is 22.4 Å². The van der Waals surface area contributed by atoms with Crippen LogP contribution in [0.15, 0.2) is 18.2 Å². The largest absolute Gasteiger partial charge is 0.416 e. The van der Waals surface area contributed by atoms with E-state index in [0.29, 0.717) is 12.1 Å². The molecule has 0 aliphatic rings. The third-order valence-electron chi connectivity index (χ3n) is 1.82. The Bertz CT molecular complexity index is 583. The fourth-order valence-electron chi connectivity index (χ4n) is 1.10. The van der Waals surface area contributed by atoms with Crippen molar-refractivity contribution in [3.05, 3.63) is 34.3 Å². The highest BCUT2D eigenvalue weighted by molar-refractivity contribution is 7.89. The summed E-state index contributed by atoms with van der Waals surface area (Å²) >= 11 is 5.50. The Kier molecular flexibility index (Phi) is 3.92. The second-order valence-corrected chi connectivity index (χ2v) is 5.55. The number of hydrogen-bond donors (Lipinski definition) is 1. The Morgan fingerprint density at radius 3 is 2.28 bits per heavy atom. The molecule has 0 radical (unpaired) electrons. The van der Waals surface area contributed by atoms with Crippen molar-refractivity contribution in [2.45, 2.75) is 6.18 Å². The topological polar surface area (TPSA) is 63.2 Å². The molecule has 0 spiro atoms. The Morgan fingerprint density at radius 2 is 1.89 bits per heavy atom. The lowest BCUT2D eigenvalue weighted by Gasteiger charge is -2.09. The highest BCUT2D eigenvalue weighted by Crippen LogP contribution is 2.32. The van der Waals surface area contributed by atoms with E-state index in [9.17, 15) is 26.4 Å². The first-order valence-corrected chi connectivity index (χ1v) is 6.66. The third kappa shape index (κ3) is 3.88. The number of carbonyl (C=O) groups is 1. The number of nitrogens with one attached hydrogen (secondary N) is 1. The molecule has 0 bridgehead atoms. The van der Waals surface area contributed by atoms with Gasteiger partial charge in [0.15, 0.2) is 0 Å². The summed E-state index contributed by atoms with van der Waals surface area (Å²) in [5, 5.41) is -0.481. The van der Waals surface area contributed by atoms with Crippen molar-refractivity contribution in [2.75, 3.05) is 6.26 Å². The predicted octanol–water partition coefficient (Wildman–Crippen LogP) is 2.05. The van der Waals surface area contributed by atoms with Crippen LogP contribution < -0.4 is 4.72 Å². The second-order valence-electron chi connectivity index (χ2n) is 3.40. The molecule has 0 saturated carbocycles. The van der Waals surface area contributed by atoms with Crippen molar-refractivity contribution in [3.63, 3.8) is 0 Å². The van der Waals surface area contributed by atoms with Gasteiger partial charge < -0.3 is 0 Å². The summed E-state index contributed by atoms with van der Waals surface area (Å²) in [7, 11) is -3.81. The molecule has 0 unspecified atom stereocenters. The highest BCUT2D eigenvalue weighted by Gasteiger charge is 2.31. The van der Waals surface area contributed by atoms with Gasteiger partial charge >= 0.3 is 6.18 Å². The highest BCUT2D eigenvalue weighted by atomic mass is 35.5. The van der Waals surface area contributed by atoms with Crippen molar-refractivity contribution in [2.24, 2.45) is 0 Å². The Balaban J connectivity index is 3.11. The van der Waals surface area contributed by atoms with E-state index in [-0.39, 0.29) is 5.56 Å². The SMILES string of the molecule is CS(=O)(=O)NC(=O)c1ccc(C(F)(F)F)cc1Cl. The van der Waals surface area contributed by atoms with E-state index in [1.165, 1.54) is 0 Å². The molecule has 1 N–H and O–H groups in total. The normalized spacial score (nSPS) is 12.3. The summed E-state index contributed by atoms with van der Waals surface area (Å²) in [6.45, 7) is 0. The molecule has 0 aliphatic heterocycles. The molecule has 1 aromatic carbocycles. The van der Waals surface area contributed by atoms with E-state index in [0.717, 1.165) is 12.3 Å². The minimum atomic E-state index is -4.59. The quantitative estimate of drug-likeness (QED) is 0.909. The summed E-state index contributed by atoms with van der Waals surface area (Å²) in [5.74, 6) is -1.09. The maximum atomic E-state index is 12.3. The lowest BCUT2D eigenvalue weighted by molar-refractivity contribution is -0.137. The number of benzene rings is 1. The van der Waals surface area contributed by atoms with Gasteiger partial charge in [-0.25, -0.2) is 13.1 Å². The zero-order chi connectivity index (χ0) is 14.1. The van der Waals surface area contributed by atoms with E-state index < -0.39 is 32.7 Å². The molecule has 1 amide bonds. The molecule has 4 nitrogen and oxygen atoms in total. The molecule has 0 fully saturated rings. The predicted molar refractivity (Wildman–Crippen MR) is 58.8 cm³/mol. The summed E-state index contributed by atoms with van der Waals surface area (Å²) in [6.07, 6.45) is -3.85. The van der Waals surface area contributed by atoms with Crippen LogP contribution in [0.2, 0.25) is 5.02 Å². The van der Waals surface area contributed by atoms with Gasteiger partial charge in [0.1, 0.15) is 0 Å². The van der Waals surface area contributed by atoms with Crippen LogP contribution in [0.5, 0.6) is 0 Å². The molecule has 18 heavy (non-hydrogen) atoms. The van der Waals surface area contributed by atoms with Crippen molar-refractivity contribution >= 4 is 27.5 Å². The van der Waals surface area contributed by atoms with Crippen molar-refractivity contribution < 1.29 is 26.4 Å². The molecular weight excluding hydrogens is 295 g/mol. The number of alkyl halides is 3. The molecule has 0 saturated heterocycles. The van der Waals surface area contributed by atoms with E-state index in [4.69, 9.17) is 11.6 Å². The third-order valence-corrected chi connectivity index (χ3v) is 2.69. The van der Waals surface area contributed by atoms with Gasteiger partial charge in [0.2, 0.25) is 10.0 Å². The van der Waals surface area contributed by atoms with Crippen LogP contribution in [0.1, 0.15) is 15.9 Å². The van der Waals surface area contributed by atoms with Crippen LogP contribution in [0, 0.1) is 0 Å². The molecule has 1 rings (SSSR count). The monoisotopic (exact) mass is 301 g/mol. The number of amides is 1. The summed E-state index contributed by atoms with van der Waals surface area (Å²) in [4.78, 5) is 11.4. The fourth-order valence-corrected chi connectivity index (χ4v) is 1.81. The molecule has 9 heteroatoms. The van der Waals surface area contributed by atoms with Crippen LogP contribution in [0.3, 0.4) is 0 Å². The molecule has 1 aromatic rings. The molecule has 0 aliphatic carbocycles. The van der Waals surface area contributed by atoms with Crippen molar-refractivity contribution in [3.8, 4) is 0 Å². The lowest BCUT2D eigenvalue weighted by Crippen LogP contribution is -2.29. The average molecular weight is 302 g/mol. The molecule has 0 atom stereocenters. The number of sulfonamides is 1. The summed E-state index contributed by atoms with van der Waals surface area (Å²) in [5.41, 5.74) is -1.38. The zero-order valence-corrected chi connectivity index (χ0v) is 10.4. The van der Waals surface area contributed by atoms with Gasteiger partial charge in [0.25, 0.3) is 5.91 Å². The summed E-state index contributed by atoms with van der Waals surface area (Å²) in [6, 6.07) is 2.01. The van der Waals surface area contributed by atoms with E-state index in [2.05, 4.69) is 0 Å². The molecule has 100 valence electrons. The van der Waals surface area contributed by atoms with Crippen LogP contribution in [0.25, 0.3) is 0 Å². The van der Waals surface area contributed by atoms with Gasteiger partial charge in [0, 0.05) is 0 Å². The van der Waals surface area contributed by atoms with E-state index >= 15 is 0 Å². The van der Waals surface area contributed by atoms with Gasteiger partial charge in [-0.2, -0.15) is 13.2 Å². The first-order chi connectivity index (χ1) is 8.00. The molecular formula is C9H7ClF3NO3S. The van der Waals surface area contributed by atoms with Gasteiger partial charge in [-0.15, -0.1) is 0 Å². The minimum Gasteiger partial charge on any atom is -0.268 e. The number of hydrogen-bond acceptors (Lipinski definition) is 3. The Morgan fingerprint density at radius 1 is 1.33 bits per heavy atom. The van der Waals surface area contributed by atoms with Crippen molar-refractivity contribution in [1.82, 2.24) is 4.72 Å². The van der Waals surface area contributed by atoms with Gasteiger partial charge in [-0.05, 0) is 18.2 Å². The molecule has 0 aromatic heterocycles. The smallest absolute Gasteiger partial charge is 0.268 e. The van der Waals surface area contributed by atoms with Crippen LogP contribution in [-0.2, 0) is 16.2 Å². The summed E-state index contributed by atoms with van der Waals surface area (Å²) < 4.78 is 60.1. The second kappa shape index (κ2) is 4.77. The van der Waals surface area contributed by atoms with Crippen LogP contribution in [-0.4, -0.2) is 20.6 Å². The zero-order valence-electron chi connectivity index (χ0n) is 8.88. The standard InChI is InChI=1S/C9H7ClF3NO3S/c1-18(16,17)14-8(15)6-3-2-5(4-7(6)10)9(11,12)13/h2-4H,1H3,(H,14,15). The van der Waals surface area contributed by atoms with Crippen molar-refractivity contribution in [1.29, 1.82) is 0 Å². The Hall–Kier alpha value is -1.28. The molecule has 0 heterocycles. The first-order valence-electron chi connectivity index (χ1n) is 4.39. The number of rotatable bonds is 2. The maximum Gasteiger partial charge on any atom is 0.416 e. The number of halogens is 4. The lowest BCUT2D eigenvalue weighted by atomic mass is 10.1. The fraction of sp³-hybridized carbons (Fsp3) is 0.222. The average Bonchev–Trinajstić information content (AvgIpc) is 2.12. The van der Waals surface area contributed by atoms with Gasteiger partial charge in [-0.1, -0.05) is 11.6 Å². The van der Waals surface area contributed by atoms with Crippen LogP contribution in [0.4, 0.5) is 13.2 Å². The number of carbonyl (C=O) groups excluding carboxylic acids is 1. The first kappa shape index (κ1) is 14.8.